The van der Waals surface area contributed by atoms with E-state index in [0.29, 0.717) is 34.2 Å². The van der Waals surface area contributed by atoms with Crippen molar-refractivity contribution in [3.63, 3.8) is 0 Å². The van der Waals surface area contributed by atoms with E-state index in [1.807, 2.05) is 24.3 Å². The number of aromatic nitrogens is 2. The Balaban J connectivity index is 1.47. The number of carbonyl (C=O) groups is 1. The molecule has 1 aliphatic heterocycles. The molecule has 0 radical (unpaired) electrons. The molecule has 0 saturated carbocycles. The molecule has 2 aromatic heterocycles. The predicted octanol–water partition coefficient (Wildman–Crippen LogP) is 5.42. The number of ether oxygens (including phenoxy) is 2. The van der Waals surface area contributed by atoms with E-state index in [9.17, 15) is 9.90 Å². The second kappa shape index (κ2) is 8.61. The van der Waals surface area contributed by atoms with Gasteiger partial charge in [0.15, 0.2) is 5.76 Å². The Hall–Kier alpha value is -3.82. The standard InChI is InChI=1S/C23H16ClN3O5S/c1-30-20-8-19(32-27-20)22(28)21-16-6-15(17(24)7-18(16)26-23(21)29)12-2-4-13(5-3-12)31-10-14-9-25-11-33-14/h2-9,11,28H,10H2,1H3,(H,26,29). The van der Waals surface area contributed by atoms with E-state index >= 15 is 0 Å². The molecule has 0 fully saturated rings. The van der Waals surface area contributed by atoms with Gasteiger partial charge in [-0.2, -0.15) is 0 Å². The third-order valence-electron chi connectivity index (χ3n) is 5.05. The average molecular weight is 482 g/mol. The van der Waals surface area contributed by atoms with E-state index in [1.165, 1.54) is 24.5 Å². The van der Waals surface area contributed by atoms with E-state index in [4.69, 9.17) is 25.6 Å². The first kappa shape index (κ1) is 21.0. The van der Waals surface area contributed by atoms with Crippen molar-refractivity contribution in [2.24, 2.45) is 0 Å². The number of amides is 1. The lowest BCUT2D eigenvalue weighted by Gasteiger charge is -2.10. The number of thiazole rings is 1. The number of halogens is 1. The number of rotatable bonds is 6. The summed E-state index contributed by atoms with van der Waals surface area (Å²) in [5.74, 6) is 0.0906. The van der Waals surface area contributed by atoms with Crippen LogP contribution in [0.2, 0.25) is 5.02 Å². The van der Waals surface area contributed by atoms with Crippen LogP contribution in [0, 0.1) is 0 Å². The molecule has 8 nitrogen and oxygen atoms in total. The van der Waals surface area contributed by atoms with Crippen LogP contribution in [0.1, 0.15) is 16.2 Å². The molecule has 10 heteroatoms. The van der Waals surface area contributed by atoms with Crippen molar-refractivity contribution in [2.75, 3.05) is 12.4 Å². The summed E-state index contributed by atoms with van der Waals surface area (Å²) in [7, 11) is 1.42. The monoisotopic (exact) mass is 481 g/mol. The first-order valence-electron chi connectivity index (χ1n) is 9.73. The maximum Gasteiger partial charge on any atom is 0.260 e. The molecule has 0 saturated heterocycles. The molecule has 166 valence electrons. The van der Waals surface area contributed by atoms with Gasteiger partial charge in [0.25, 0.3) is 11.8 Å². The maximum atomic E-state index is 12.6. The fraction of sp³-hybridized carbons (Fsp3) is 0.0870. The molecule has 1 amide bonds. The number of nitrogens with one attached hydrogen (secondary N) is 1. The lowest BCUT2D eigenvalue weighted by atomic mass is 9.98. The molecule has 2 aromatic carbocycles. The number of aliphatic hydroxyl groups excluding tert-OH is 1. The highest BCUT2D eigenvalue weighted by molar-refractivity contribution is 7.09. The highest BCUT2D eigenvalue weighted by Crippen LogP contribution is 2.42. The van der Waals surface area contributed by atoms with Crippen LogP contribution in [0.15, 0.2) is 58.7 Å². The minimum Gasteiger partial charge on any atom is -0.504 e. The van der Waals surface area contributed by atoms with Gasteiger partial charge in [-0.25, -0.2) is 0 Å². The van der Waals surface area contributed by atoms with Crippen LogP contribution in [0.3, 0.4) is 0 Å². The topological polar surface area (TPSA) is 107 Å². The molecular formula is C23H16ClN3O5S. The summed E-state index contributed by atoms with van der Waals surface area (Å²) < 4.78 is 15.8. The highest BCUT2D eigenvalue weighted by atomic mass is 35.5. The molecule has 5 rings (SSSR count). The van der Waals surface area contributed by atoms with Gasteiger partial charge in [-0.1, -0.05) is 23.7 Å². The number of methoxy groups -OCH3 is 1. The molecular weight excluding hydrogens is 466 g/mol. The molecule has 0 unspecified atom stereocenters. The molecule has 3 heterocycles. The second-order valence-electron chi connectivity index (χ2n) is 7.07. The van der Waals surface area contributed by atoms with Gasteiger partial charge >= 0.3 is 0 Å². The number of fused-ring (bicyclic) bond motifs is 1. The lowest BCUT2D eigenvalue weighted by molar-refractivity contribution is -0.110. The molecule has 1 aliphatic rings. The summed E-state index contributed by atoms with van der Waals surface area (Å²) >= 11 is 8.04. The summed E-state index contributed by atoms with van der Waals surface area (Å²) in [6, 6.07) is 12.3. The summed E-state index contributed by atoms with van der Waals surface area (Å²) in [6.07, 6.45) is 1.77. The minimum absolute atomic E-state index is 0.0174. The van der Waals surface area contributed by atoms with Gasteiger partial charge in [0.1, 0.15) is 12.4 Å². The molecule has 33 heavy (non-hydrogen) atoms. The van der Waals surface area contributed by atoms with Gasteiger partial charge < -0.3 is 24.4 Å². The number of nitrogens with zero attached hydrogens (tertiary/aromatic N) is 2. The van der Waals surface area contributed by atoms with Crippen molar-refractivity contribution in [2.45, 2.75) is 6.61 Å². The highest BCUT2D eigenvalue weighted by Gasteiger charge is 2.31. The Kier molecular flexibility index (Phi) is 5.49. The van der Waals surface area contributed by atoms with Gasteiger partial charge in [-0.15, -0.1) is 11.3 Å². The summed E-state index contributed by atoms with van der Waals surface area (Å²) in [4.78, 5) is 17.7. The third-order valence-corrected chi connectivity index (χ3v) is 6.12. The largest absolute Gasteiger partial charge is 0.504 e. The number of anilines is 1. The van der Waals surface area contributed by atoms with Crippen LogP contribution in [0.5, 0.6) is 11.6 Å². The first-order chi connectivity index (χ1) is 16.0. The first-order valence-corrected chi connectivity index (χ1v) is 11.0. The number of aliphatic hydroxyl groups is 1. The minimum atomic E-state index is -0.474. The zero-order chi connectivity index (χ0) is 22.9. The summed E-state index contributed by atoms with van der Waals surface area (Å²) in [6.45, 7) is 0.442. The zero-order valence-corrected chi connectivity index (χ0v) is 18.7. The molecule has 0 bridgehead atoms. The van der Waals surface area contributed by atoms with Gasteiger partial charge in [-0.05, 0) is 35.0 Å². The normalized spacial score (nSPS) is 14.1. The predicted molar refractivity (Wildman–Crippen MR) is 124 cm³/mol. The Labute approximate surface area is 197 Å². The molecule has 0 atom stereocenters. The zero-order valence-electron chi connectivity index (χ0n) is 17.2. The van der Waals surface area contributed by atoms with Crippen molar-refractivity contribution in [3.8, 4) is 22.8 Å². The Morgan fingerprint density at radius 1 is 1.21 bits per heavy atom. The molecule has 2 N–H and O–H groups in total. The Morgan fingerprint density at radius 3 is 2.73 bits per heavy atom. The van der Waals surface area contributed by atoms with E-state index in [2.05, 4.69) is 15.5 Å². The summed E-state index contributed by atoms with van der Waals surface area (Å²) in [5.41, 5.74) is 4.33. The van der Waals surface area contributed by atoms with Gasteiger partial charge in [0.05, 0.1) is 39.8 Å². The lowest BCUT2D eigenvalue weighted by Crippen LogP contribution is -2.05. The van der Waals surface area contributed by atoms with Crippen molar-refractivity contribution in [1.29, 1.82) is 0 Å². The van der Waals surface area contributed by atoms with E-state index < -0.39 is 5.91 Å². The number of hydrogen-bond donors (Lipinski definition) is 2. The Morgan fingerprint density at radius 2 is 2.03 bits per heavy atom. The van der Waals surface area contributed by atoms with Gasteiger partial charge in [0, 0.05) is 17.3 Å². The molecule has 4 aromatic rings. The maximum absolute atomic E-state index is 12.6. The van der Waals surface area contributed by atoms with Crippen LogP contribution in [0.4, 0.5) is 5.69 Å². The van der Waals surface area contributed by atoms with E-state index in [1.54, 1.807) is 23.8 Å². The van der Waals surface area contributed by atoms with Crippen LogP contribution in [0.25, 0.3) is 22.5 Å². The molecule has 0 spiro atoms. The van der Waals surface area contributed by atoms with E-state index in [0.717, 1.165) is 10.4 Å². The van der Waals surface area contributed by atoms with Crippen LogP contribution >= 0.6 is 22.9 Å². The fourth-order valence-electron chi connectivity index (χ4n) is 3.44. The van der Waals surface area contributed by atoms with Gasteiger partial charge in [-0.3, -0.25) is 9.78 Å². The van der Waals surface area contributed by atoms with Crippen LogP contribution < -0.4 is 14.8 Å². The molecule has 0 aliphatic carbocycles. The summed E-state index contributed by atoms with van der Waals surface area (Å²) in [5, 5.41) is 17.6. The van der Waals surface area contributed by atoms with Crippen molar-refractivity contribution < 1.29 is 23.9 Å². The van der Waals surface area contributed by atoms with Crippen molar-refractivity contribution in [3.05, 3.63) is 75.4 Å². The van der Waals surface area contributed by atoms with Crippen molar-refractivity contribution >= 4 is 45.9 Å². The average Bonchev–Trinajstić information content (AvgIpc) is 3.57. The number of hydrogen-bond acceptors (Lipinski definition) is 8. The number of carbonyl (C=O) groups excluding carboxylic acids is 1. The number of benzene rings is 2. The third kappa shape index (κ3) is 4.04. The smallest absolute Gasteiger partial charge is 0.260 e. The van der Waals surface area contributed by atoms with Crippen LogP contribution in [-0.2, 0) is 11.4 Å². The van der Waals surface area contributed by atoms with Gasteiger partial charge in [0.2, 0.25) is 5.76 Å². The van der Waals surface area contributed by atoms with Crippen molar-refractivity contribution in [1.82, 2.24) is 10.1 Å². The van der Waals surface area contributed by atoms with E-state index in [-0.39, 0.29) is 23.0 Å². The SMILES string of the molecule is COc1cc(C(O)=C2C(=O)Nc3cc(Cl)c(-c4ccc(OCc5cncs5)cc4)cc32)on1. The fourth-order valence-corrected chi connectivity index (χ4v) is 4.21. The second-order valence-corrected chi connectivity index (χ2v) is 8.45. The van der Waals surface area contributed by atoms with Crippen LogP contribution in [-0.4, -0.2) is 28.3 Å². The quantitative estimate of drug-likeness (QED) is 0.280. The Bertz CT molecular complexity index is 1360.